The Labute approximate surface area is 124 Å². The largest absolute Gasteiger partial charge is 0.420 e. The van der Waals surface area contributed by atoms with Gasteiger partial charge in [-0.1, -0.05) is 35.3 Å². The molecule has 3 aromatic rings. The molecule has 0 amide bonds. The number of anilines is 1. The molecule has 0 aliphatic carbocycles. The number of nitrogens with zero attached hydrogens (tertiary/aromatic N) is 1. The molecule has 0 atom stereocenters. The Morgan fingerprint density at radius 1 is 1.20 bits per heavy atom. The van der Waals surface area contributed by atoms with Gasteiger partial charge < -0.3 is 10.2 Å². The first-order valence-corrected chi connectivity index (χ1v) is 6.63. The van der Waals surface area contributed by atoms with Gasteiger partial charge in [-0.15, -0.1) is 0 Å². The van der Waals surface area contributed by atoms with E-state index in [4.69, 9.17) is 33.4 Å². The van der Waals surface area contributed by atoms with Crippen LogP contribution in [-0.2, 0) is 6.54 Å². The maximum Gasteiger partial charge on any atom is 0.420 e. The molecule has 1 aromatic heterocycles. The molecule has 0 saturated heterocycles. The van der Waals surface area contributed by atoms with Crippen molar-refractivity contribution in [1.82, 2.24) is 4.57 Å². The Kier molecular flexibility index (Phi) is 3.20. The van der Waals surface area contributed by atoms with Crippen LogP contribution in [0, 0.1) is 0 Å². The van der Waals surface area contributed by atoms with E-state index in [1.807, 2.05) is 0 Å². The van der Waals surface area contributed by atoms with Crippen LogP contribution in [-0.4, -0.2) is 4.57 Å². The highest BCUT2D eigenvalue weighted by Crippen LogP contribution is 2.24. The van der Waals surface area contributed by atoms with Gasteiger partial charge in [0.05, 0.1) is 17.7 Å². The number of rotatable bonds is 2. The Hall–Kier alpha value is -1.91. The van der Waals surface area contributed by atoms with Crippen LogP contribution < -0.4 is 11.5 Å². The first-order valence-electron chi connectivity index (χ1n) is 5.88. The second kappa shape index (κ2) is 4.89. The fourth-order valence-corrected chi connectivity index (χ4v) is 2.54. The van der Waals surface area contributed by atoms with Crippen molar-refractivity contribution in [3.8, 4) is 0 Å². The number of nitrogen functional groups attached to an aromatic ring is 1. The number of benzene rings is 2. The number of para-hydroxylation sites is 1. The fourth-order valence-electron chi connectivity index (χ4n) is 2.08. The van der Waals surface area contributed by atoms with Crippen molar-refractivity contribution in [1.29, 1.82) is 0 Å². The van der Waals surface area contributed by atoms with Gasteiger partial charge in [-0.2, -0.15) is 0 Å². The van der Waals surface area contributed by atoms with Gasteiger partial charge in [0, 0.05) is 10.0 Å². The van der Waals surface area contributed by atoms with E-state index in [9.17, 15) is 4.79 Å². The number of fused-ring (bicyclic) bond motifs is 1. The molecule has 2 N–H and O–H groups in total. The van der Waals surface area contributed by atoms with Gasteiger partial charge in [0.1, 0.15) is 0 Å². The third kappa shape index (κ3) is 2.17. The van der Waals surface area contributed by atoms with Crippen molar-refractivity contribution < 1.29 is 4.42 Å². The molecule has 4 nitrogen and oxygen atoms in total. The van der Waals surface area contributed by atoms with Crippen molar-refractivity contribution in [3.05, 3.63) is 62.6 Å². The summed E-state index contributed by atoms with van der Waals surface area (Å²) in [6.07, 6.45) is 0. The Morgan fingerprint density at radius 3 is 2.75 bits per heavy atom. The summed E-state index contributed by atoms with van der Waals surface area (Å²) in [4.78, 5) is 11.9. The molecule has 20 heavy (non-hydrogen) atoms. The SMILES string of the molecule is Nc1cccc2c1oc(=O)n2Cc1ccc(Cl)cc1Cl. The lowest BCUT2D eigenvalue weighted by atomic mass is 10.2. The number of hydrogen-bond acceptors (Lipinski definition) is 3. The van der Waals surface area contributed by atoms with Crippen LogP contribution >= 0.6 is 23.2 Å². The molecular formula is C14H10Cl2N2O2. The average molecular weight is 309 g/mol. The van der Waals surface area contributed by atoms with Crippen LogP contribution in [0.25, 0.3) is 11.1 Å². The van der Waals surface area contributed by atoms with E-state index in [-0.39, 0.29) is 0 Å². The van der Waals surface area contributed by atoms with Crippen LogP contribution in [0.1, 0.15) is 5.56 Å². The first-order chi connectivity index (χ1) is 9.56. The van der Waals surface area contributed by atoms with Gasteiger partial charge >= 0.3 is 5.76 Å². The van der Waals surface area contributed by atoms with Crippen molar-refractivity contribution >= 4 is 40.0 Å². The maximum atomic E-state index is 11.9. The van der Waals surface area contributed by atoms with Crippen molar-refractivity contribution in [3.63, 3.8) is 0 Å². The normalized spacial score (nSPS) is 11.1. The predicted molar refractivity (Wildman–Crippen MR) is 80.5 cm³/mol. The van der Waals surface area contributed by atoms with Crippen LogP contribution in [0.2, 0.25) is 10.0 Å². The zero-order chi connectivity index (χ0) is 14.3. The van der Waals surface area contributed by atoms with Crippen molar-refractivity contribution in [2.75, 3.05) is 5.73 Å². The van der Waals surface area contributed by atoms with E-state index in [0.29, 0.717) is 33.4 Å². The van der Waals surface area contributed by atoms with Gasteiger partial charge in [0.25, 0.3) is 0 Å². The molecule has 0 aliphatic rings. The lowest BCUT2D eigenvalue weighted by Crippen LogP contribution is -2.15. The summed E-state index contributed by atoms with van der Waals surface area (Å²) >= 11 is 12.0. The smallest absolute Gasteiger partial charge is 0.405 e. The van der Waals surface area contributed by atoms with Crippen LogP contribution in [0.15, 0.2) is 45.6 Å². The minimum atomic E-state index is -0.469. The lowest BCUT2D eigenvalue weighted by Gasteiger charge is -2.05. The highest BCUT2D eigenvalue weighted by atomic mass is 35.5. The molecule has 0 unspecified atom stereocenters. The van der Waals surface area contributed by atoms with E-state index < -0.39 is 5.76 Å². The second-order valence-corrected chi connectivity index (χ2v) is 5.23. The molecule has 2 aromatic carbocycles. The van der Waals surface area contributed by atoms with Gasteiger partial charge in [-0.05, 0) is 29.8 Å². The fraction of sp³-hybridized carbons (Fsp3) is 0.0714. The van der Waals surface area contributed by atoms with Gasteiger partial charge in [-0.3, -0.25) is 4.57 Å². The first kappa shape index (κ1) is 13.1. The summed E-state index contributed by atoms with van der Waals surface area (Å²) in [5.41, 5.74) is 8.04. The highest BCUT2D eigenvalue weighted by molar-refractivity contribution is 6.35. The molecule has 0 radical (unpaired) electrons. The molecule has 0 spiro atoms. The number of hydrogen-bond donors (Lipinski definition) is 1. The van der Waals surface area contributed by atoms with Crippen LogP contribution in [0.4, 0.5) is 5.69 Å². The topological polar surface area (TPSA) is 61.2 Å². The molecule has 1 heterocycles. The summed E-state index contributed by atoms with van der Waals surface area (Å²) in [5.74, 6) is -0.469. The van der Waals surface area contributed by atoms with E-state index >= 15 is 0 Å². The van der Waals surface area contributed by atoms with Crippen molar-refractivity contribution in [2.24, 2.45) is 0 Å². The second-order valence-electron chi connectivity index (χ2n) is 4.39. The third-order valence-corrected chi connectivity index (χ3v) is 3.66. The minimum Gasteiger partial charge on any atom is -0.405 e. The molecule has 3 rings (SSSR count). The monoisotopic (exact) mass is 308 g/mol. The van der Waals surface area contributed by atoms with Gasteiger partial charge in [0.2, 0.25) is 0 Å². The average Bonchev–Trinajstić information content (AvgIpc) is 2.71. The Bertz CT molecular complexity index is 852. The molecule has 0 bridgehead atoms. The zero-order valence-electron chi connectivity index (χ0n) is 10.3. The van der Waals surface area contributed by atoms with E-state index in [1.54, 1.807) is 36.4 Å². The highest BCUT2D eigenvalue weighted by Gasteiger charge is 2.13. The van der Waals surface area contributed by atoms with E-state index in [2.05, 4.69) is 0 Å². The Balaban J connectivity index is 2.13. The summed E-state index contributed by atoms with van der Waals surface area (Å²) in [6, 6.07) is 10.4. The summed E-state index contributed by atoms with van der Waals surface area (Å²) in [5, 5.41) is 1.05. The quantitative estimate of drug-likeness (QED) is 0.737. The molecule has 0 saturated carbocycles. The number of oxazole rings is 1. The molecular weight excluding hydrogens is 299 g/mol. The minimum absolute atomic E-state index is 0.297. The van der Waals surface area contributed by atoms with E-state index in [0.717, 1.165) is 5.56 Å². The number of aromatic nitrogens is 1. The van der Waals surface area contributed by atoms with Gasteiger partial charge in [-0.25, -0.2) is 4.79 Å². The molecule has 6 heteroatoms. The summed E-state index contributed by atoms with van der Waals surface area (Å²) in [7, 11) is 0. The zero-order valence-corrected chi connectivity index (χ0v) is 11.8. The van der Waals surface area contributed by atoms with Crippen molar-refractivity contribution in [2.45, 2.75) is 6.54 Å². The van der Waals surface area contributed by atoms with Crippen LogP contribution in [0.3, 0.4) is 0 Å². The molecule has 102 valence electrons. The van der Waals surface area contributed by atoms with Crippen LogP contribution in [0.5, 0.6) is 0 Å². The standard InChI is InChI=1S/C14H10Cl2N2O2/c15-9-5-4-8(10(16)6-9)7-18-12-3-1-2-11(17)13(12)20-14(18)19/h1-6H,7,17H2. The number of nitrogens with two attached hydrogens (primary N) is 1. The maximum absolute atomic E-state index is 11.9. The lowest BCUT2D eigenvalue weighted by molar-refractivity contribution is 0.518. The van der Waals surface area contributed by atoms with E-state index in [1.165, 1.54) is 4.57 Å². The molecule has 0 fully saturated rings. The summed E-state index contributed by atoms with van der Waals surface area (Å²) in [6.45, 7) is 0.297. The predicted octanol–water partition coefficient (Wildman–Crippen LogP) is 3.53. The molecule has 0 aliphatic heterocycles. The summed E-state index contributed by atoms with van der Waals surface area (Å²) < 4.78 is 6.67. The Morgan fingerprint density at radius 2 is 2.00 bits per heavy atom. The third-order valence-electron chi connectivity index (χ3n) is 3.07. The van der Waals surface area contributed by atoms with Gasteiger partial charge in [0.15, 0.2) is 5.58 Å². The number of halogens is 2.